The summed E-state index contributed by atoms with van der Waals surface area (Å²) in [5, 5.41) is 3.31. The molecule has 2 rings (SSSR count). The summed E-state index contributed by atoms with van der Waals surface area (Å²) in [6.45, 7) is 8.98. The van der Waals surface area contributed by atoms with Crippen LogP contribution >= 0.6 is 0 Å². The Balaban J connectivity index is 2.19. The van der Waals surface area contributed by atoms with E-state index >= 15 is 0 Å². The maximum absolute atomic E-state index is 11.2. The average molecular weight is 312 g/mol. The molecular weight excluding hydrogens is 288 g/mol. The third kappa shape index (κ3) is 4.52. The molecule has 1 amide bonds. The number of nitrogens with two attached hydrogens (primary N) is 1. The van der Waals surface area contributed by atoms with Gasteiger partial charge in [-0.15, -0.1) is 0 Å². The molecule has 0 unspecified atom stereocenters. The van der Waals surface area contributed by atoms with Crippen LogP contribution in [0, 0.1) is 0 Å². The summed E-state index contributed by atoms with van der Waals surface area (Å²) in [5.74, 6) is 1.83. The van der Waals surface area contributed by atoms with Crippen LogP contribution in [0.3, 0.4) is 0 Å². The third-order valence-corrected chi connectivity index (χ3v) is 3.56. The number of hydrogen-bond donors (Lipinski definition) is 2. The molecule has 3 N–H and O–H groups in total. The van der Waals surface area contributed by atoms with Crippen molar-refractivity contribution in [3.8, 4) is 0 Å². The molecule has 0 bridgehead atoms. The van der Waals surface area contributed by atoms with E-state index in [4.69, 9.17) is 5.73 Å². The molecule has 0 aliphatic rings. The first kappa shape index (κ1) is 16.9. The van der Waals surface area contributed by atoms with Crippen molar-refractivity contribution in [3.05, 3.63) is 53.0 Å². The van der Waals surface area contributed by atoms with E-state index in [1.165, 1.54) is 0 Å². The molecule has 5 nitrogen and oxygen atoms in total. The number of nitrogens with zero attached hydrogens (tertiary/aromatic N) is 2. The number of carbonyl (C=O) groups excluding carboxylic acids is 1. The highest BCUT2D eigenvalue weighted by atomic mass is 16.1. The van der Waals surface area contributed by atoms with Gasteiger partial charge in [0.15, 0.2) is 0 Å². The first-order valence-electron chi connectivity index (χ1n) is 7.88. The van der Waals surface area contributed by atoms with Crippen molar-refractivity contribution in [2.75, 3.05) is 5.32 Å². The Morgan fingerprint density at radius 3 is 2.48 bits per heavy atom. The fourth-order valence-corrected chi connectivity index (χ4v) is 2.16. The molecule has 0 aliphatic carbocycles. The van der Waals surface area contributed by atoms with E-state index in [9.17, 15) is 4.79 Å². The number of amides is 1. The fraction of sp³-hybridized carbons (Fsp3) is 0.389. The molecule has 0 aliphatic heterocycles. The Bertz CT molecular complexity index is 669. The molecule has 1 aromatic carbocycles. The first-order chi connectivity index (χ1) is 10.9. The highest BCUT2D eigenvalue weighted by molar-refractivity contribution is 5.92. The van der Waals surface area contributed by atoms with E-state index < -0.39 is 5.91 Å². The molecule has 0 saturated heterocycles. The number of primary amides is 1. The molecule has 0 saturated carbocycles. The lowest BCUT2D eigenvalue weighted by molar-refractivity contribution is 0.1000. The molecule has 0 fully saturated rings. The van der Waals surface area contributed by atoms with Gasteiger partial charge in [0.05, 0.1) is 0 Å². The Hall–Kier alpha value is -2.43. The fourth-order valence-electron chi connectivity index (χ4n) is 2.16. The maximum Gasteiger partial charge on any atom is 0.248 e. The Kier molecular flexibility index (Phi) is 5.32. The van der Waals surface area contributed by atoms with Gasteiger partial charge in [0, 0.05) is 29.8 Å². The predicted octanol–water partition coefficient (Wildman–Crippen LogP) is 3.43. The summed E-state index contributed by atoms with van der Waals surface area (Å²) in [6.07, 6.45) is 0. The number of aromatic nitrogens is 2. The smallest absolute Gasteiger partial charge is 0.248 e. The Labute approximate surface area is 137 Å². The standard InChI is InChI=1S/C18H24N4O/c1-11(2)15-9-16(22-18(21-15)12(3)4)20-10-13-6-5-7-14(8-13)17(19)23/h5-9,11-12H,10H2,1-4H3,(H2,19,23)(H,20,21,22). The van der Waals surface area contributed by atoms with E-state index in [2.05, 4.69) is 43.0 Å². The topological polar surface area (TPSA) is 80.9 Å². The van der Waals surface area contributed by atoms with Gasteiger partial charge in [-0.1, -0.05) is 39.8 Å². The van der Waals surface area contributed by atoms with E-state index in [-0.39, 0.29) is 5.92 Å². The largest absolute Gasteiger partial charge is 0.366 e. The molecule has 23 heavy (non-hydrogen) atoms. The summed E-state index contributed by atoms with van der Waals surface area (Å²) in [7, 11) is 0. The number of anilines is 1. The minimum Gasteiger partial charge on any atom is -0.366 e. The molecule has 5 heteroatoms. The van der Waals surface area contributed by atoms with Crippen LogP contribution in [-0.4, -0.2) is 15.9 Å². The number of hydrogen-bond acceptors (Lipinski definition) is 4. The highest BCUT2D eigenvalue weighted by Crippen LogP contribution is 2.20. The van der Waals surface area contributed by atoms with Crippen LogP contribution in [0.5, 0.6) is 0 Å². The van der Waals surface area contributed by atoms with E-state index in [0.717, 1.165) is 22.9 Å². The van der Waals surface area contributed by atoms with Crippen molar-refractivity contribution in [3.63, 3.8) is 0 Å². The van der Waals surface area contributed by atoms with Gasteiger partial charge in [-0.25, -0.2) is 9.97 Å². The second-order valence-electron chi connectivity index (χ2n) is 6.26. The minimum absolute atomic E-state index is 0.271. The van der Waals surface area contributed by atoms with Gasteiger partial charge >= 0.3 is 0 Å². The maximum atomic E-state index is 11.2. The van der Waals surface area contributed by atoms with Gasteiger partial charge in [-0.3, -0.25) is 4.79 Å². The van der Waals surface area contributed by atoms with Crippen LogP contribution in [0.15, 0.2) is 30.3 Å². The van der Waals surface area contributed by atoms with Crippen LogP contribution in [0.25, 0.3) is 0 Å². The molecule has 122 valence electrons. The second kappa shape index (κ2) is 7.22. The van der Waals surface area contributed by atoms with Gasteiger partial charge in [-0.2, -0.15) is 0 Å². The zero-order valence-corrected chi connectivity index (χ0v) is 14.1. The summed E-state index contributed by atoms with van der Waals surface area (Å²) >= 11 is 0. The monoisotopic (exact) mass is 312 g/mol. The quantitative estimate of drug-likeness (QED) is 0.856. The van der Waals surface area contributed by atoms with Crippen LogP contribution < -0.4 is 11.1 Å². The van der Waals surface area contributed by atoms with Crippen LogP contribution in [0.1, 0.15) is 67.0 Å². The molecule has 2 aromatic rings. The Morgan fingerprint density at radius 1 is 1.13 bits per heavy atom. The molecular formula is C18H24N4O. The predicted molar refractivity (Wildman–Crippen MR) is 92.5 cm³/mol. The SMILES string of the molecule is CC(C)c1cc(NCc2cccc(C(N)=O)c2)nc(C(C)C)n1. The average Bonchev–Trinajstić information content (AvgIpc) is 2.52. The number of benzene rings is 1. The van der Waals surface area contributed by atoms with Gasteiger partial charge in [0.2, 0.25) is 5.91 Å². The van der Waals surface area contributed by atoms with Crippen LogP contribution in [0.4, 0.5) is 5.82 Å². The zero-order valence-electron chi connectivity index (χ0n) is 14.1. The third-order valence-electron chi connectivity index (χ3n) is 3.56. The molecule has 1 heterocycles. The van der Waals surface area contributed by atoms with Gasteiger partial charge in [0.1, 0.15) is 11.6 Å². The molecule has 0 radical (unpaired) electrons. The lowest BCUT2D eigenvalue weighted by atomic mass is 10.1. The van der Waals surface area contributed by atoms with E-state index in [1.807, 2.05) is 18.2 Å². The normalized spacial score (nSPS) is 11.0. The summed E-state index contributed by atoms with van der Waals surface area (Å²) in [4.78, 5) is 20.4. The minimum atomic E-state index is -0.418. The van der Waals surface area contributed by atoms with Gasteiger partial charge in [0.25, 0.3) is 0 Å². The molecule has 0 atom stereocenters. The van der Waals surface area contributed by atoms with Crippen molar-refractivity contribution in [2.24, 2.45) is 5.73 Å². The number of nitrogens with one attached hydrogen (secondary N) is 1. The van der Waals surface area contributed by atoms with Crippen molar-refractivity contribution in [1.82, 2.24) is 9.97 Å². The van der Waals surface area contributed by atoms with Crippen molar-refractivity contribution in [2.45, 2.75) is 46.1 Å². The van der Waals surface area contributed by atoms with Crippen molar-refractivity contribution >= 4 is 11.7 Å². The first-order valence-corrected chi connectivity index (χ1v) is 7.88. The van der Waals surface area contributed by atoms with E-state index in [1.54, 1.807) is 12.1 Å². The molecule has 1 aromatic heterocycles. The summed E-state index contributed by atoms with van der Waals surface area (Å²) in [5.41, 5.74) is 7.84. The summed E-state index contributed by atoms with van der Waals surface area (Å²) in [6, 6.07) is 9.27. The summed E-state index contributed by atoms with van der Waals surface area (Å²) < 4.78 is 0. The highest BCUT2D eigenvalue weighted by Gasteiger charge is 2.10. The zero-order chi connectivity index (χ0) is 17.0. The van der Waals surface area contributed by atoms with Crippen LogP contribution in [-0.2, 0) is 6.54 Å². The molecule has 0 spiro atoms. The van der Waals surface area contributed by atoms with Gasteiger partial charge in [-0.05, 0) is 23.6 Å². The van der Waals surface area contributed by atoms with Crippen molar-refractivity contribution in [1.29, 1.82) is 0 Å². The number of carbonyl (C=O) groups is 1. The lowest BCUT2D eigenvalue weighted by Gasteiger charge is -2.13. The van der Waals surface area contributed by atoms with Crippen LogP contribution in [0.2, 0.25) is 0 Å². The van der Waals surface area contributed by atoms with E-state index in [0.29, 0.717) is 18.0 Å². The second-order valence-corrected chi connectivity index (χ2v) is 6.26. The Morgan fingerprint density at radius 2 is 1.87 bits per heavy atom. The number of rotatable bonds is 6. The van der Waals surface area contributed by atoms with Gasteiger partial charge < -0.3 is 11.1 Å². The lowest BCUT2D eigenvalue weighted by Crippen LogP contribution is -2.12. The van der Waals surface area contributed by atoms with Crippen molar-refractivity contribution < 1.29 is 4.79 Å².